The van der Waals surface area contributed by atoms with Gasteiger partial charge in [0, 0.05) is 24.6 Å². The molecule has 4 nitrogen and oxygen atoms in total. The van der Waals surface area contributed by atoms with Crippen LogP contribution in [-0.2, 0) is 0 Å². The van der Waals surface area contributed by atoms with Gasteiger partial charge in [-0.2, -0.15) is 0 Å². The average Bonchev–Trinajstić information content (AvgIpc) is 2.49. The van der Waals surface area contributed by atoms with Crippen molar-refractivity contribution in [2.24, 2.45) is 0 Å². The van der Waals surface area contributed by atoms with Crippen molar-refractivity contribution in [2.45, 2.75) is 19.4 Å². The fourth-order valence-corrected chi connectivity index (χ4v) is 1.74. The van der Waals surface area contributed by atoms with Gasteiger partial charge in [-0.3, -0.25) is 9.97 Å². The summed E-state index contributed by atoms with van der Waals surface area (Å²) < 4.78 is 5.63. The van der Waals surface area contributed by atoms with E-state index in [4.69, 9.17) is 4.74 Å². The van der Waals surface area contributed by atoms with Crippen LogP contribution in [0.2, 0.25) is 0 Å². The number of hydrogen-bond donors (Lipinski definition) is 1. The van der Waals surface area contributed by atoms with E-state index in [1.165, 1.54) is 0 Å². The van der Waals surface area contributed by atoms with Crippen LogP contribution in [-0.4, -0.2) is 23.1 Å². The molecular formula is C15H19N3O. The topological polar surface area (TPSA) is 47.0 Å². The monoisotopic (exact) mass is 257 g/mol. The third kappa shape index (κ3) is 4.67. The molecule has 1 heterocycles. The molecule has 0 radical (unpaired) electrons. The molecule has 0 aliphatic carbocycles. The fraction of sp³-hybridized carbons (Fsp3) is 0.333. The number of rotatable bonds is 7. The molecule has 1 unspecified atom stereocenters. The van der Waals surface area contributed by atoms with Gasteiger partial charge in [0.05, 0.1) is 12.3 Å². The molecule has 0 bridgehead atoms. The van der Waals surface area contributed by atoms with E-state index < -0.39 is 0 Å². The first kappa shape index (κ1) is 13.5. The first-order valence-electron chi connectivity index (χ1n) is 6.53. The maximum atomic E-state index is 5.63. The van der Waals surface area contributed by atoms with Gasteiger partial charge in [0.1, 0.15) is 5.75 Å². The number of ether oxygens (including phenoxy) is 1. The Bertz CT molecular complexity index is 461. The maximum Gasteiger partial charge on any atom is 0.119 e. The van der Waals surface area contributed by atoms with Gasteiger partial charge in [-0.1, -0.05) is 18.2 Å². The summed E-state index contributed by atoms with van der Waals surface area (Å²) in [5.41, 5.74) is 0.964. The second-order valence-electron chi connectivity index (χ2n) is 4.32. The molecule has 1 aromatic heterocycles. The van der Waals surface area contributed by atoms with E-state index in [0.717, 1.165) is 24.4 Å². The van der Waals surface area contributed by atoms with E-state index in [2.05, 4.69) is 22.2 Å². The Morgan fingerprint density at radius 3 is 2.79 bits per heavy atom. The van der Waals surface area contributed by atoms with Crippen LogP contribution in [0.15, 0.2) is 48.9 Å². The summed E-state index contributed by atoms with van der Waals surface area (Å²) in [6.07, 6.45) is 6.15. The third-order valence-electron chi connectivity index (χ3n) is 2.81. The van der Waals surface area contributed by atoms with Gasteiger partial charge in [0.25, 0.3) is 0 Å². The Kier molecular flexibility index (Phi) is 5.31. The van der Waals surface area contributed by atoms with Crippen LogP contribution in [0, 0.1) is 0 Å². The van der Waals surface area contributed by atoms with Crippen LogP contribution in [0.25, 0.3) is 0 Å². The Labute approximate surface area is 113 Å². The zero-order chi connectivity index (χ0) is 13.3. The van der Waals surface area contributed by atoms with E-state index in [0.29, 0.717) is 6.61 Å². The predicted octanol–water partition coefficient (Wildman–Crippen LogP) is 2.60. The number of nitrogens with one attached hydrogen (secondary N) is 1. The highest BCUT2D eigenvalue weighted by Crippen LogP contribution is 2.09. The molecular weight excluding hydrogens is 238 g/mol. The number of para-hydroxylation sites is 1. The zero-order valence-corrected chi connectivity index (χ0v) is 11.1. The van der Waals surface area contributed by atoms with Gasteiger partial charge < -0.3 is 10.1 Å². The Hall–Kier alpha value is -1.94. The predicted molar refractivity (Wildman–Crippen MR) is 75.0 cm³/mol. The second kappa shape index (κ2) is 7.48. The maximum absolute atomic E-state index is 5.63. The lowest BCUT2D eigenvalue weighted by Gasteiger charge is -2.12. The highest BCUT2D eigenvalue weighted by molar-refractivity contribution is 5.20. The first-order valence-corrected chi connectivity index (χ1v) is 6.53. The largest absolute Gasteiger partial charge is 0.494 e. The van der Waals surface area contributed by atoms with Crippen LogP contribution in [0.1, 0.15) is 25.1 Å². The molecule has 0 saturated carbocycles. The van der Waals surface area contributed by atoms with Crippen molar-refractivity contribution < 1.29 is 4.74 Å². The van der Waals surface area contributed by atoms with Crippen molar-refractivity contribution in [3.05, 3.63) is 54.6 Å². The van der Waals surface area contributed by atoms with Crippen molar-refractivity contribution in [1.82, 2.24) is 15.3 Å². The summed E-state index contributed by atoms with van der Waals surface area (Å²) in [6.45, 7) is 3.69. The van der Waals surface area contributed by atoms with Crippen LogP contribution in [0.5, 0.6) is 5.75 Å². The minimum Gasteiger partial charge on any atom is -0.494 e. The van der Waals surface area contributed by atoms with E-state index in [1.54, 1.807) is 18.6 Å². The third-order valence-corrected chi connectivity index (χ3v) is 2.81. The Morgan fingerprint density at radius 1 is 1.21 bits per heavy atom. The van der Waals surface area contributed by atoms with E-state index in [-0.39, 0.29) is 6.04 Å². The van der Waals surface area contributed by atoms with Crippen molar-refractivity contribution >= 4 is 0 Å². The molecule has 100 valence electrons. The summed E-state index contributed by atoms with van der Waals surface area (Å²) in [5.74, 6) is 0.921. The quantitative estimate of drug-likeness (QED) is 0.774. The van der Waals surface area contributed by atoms with Gasteiger partial charge in [-0.15, -0.1) is 0 Å². The number of benzene rings is 1. The molecule has 2 aromatic rings. The molecule has 2 rings (SSSR count). The van der Waals surface area contributed by atoms with Crippen molar-refractivity contribution in [2.75, 3.05) is 13.2 Å². The number of aromatic nitrogens is 2. The molecule has 0 saturated heterocycles. The fourth-order valence-electron chi connectivity index (χ4n) is 1.74. The number of nitrogens with zero attached hydrogens (tertiary/aromatic N) is 2. The van der Waals surface area contributed by atoms with Crippen molar-refractivity contribution in [3.63, 3.8) is 0 Å². The summed E-state index contributed by atoms with van der Waals surface area (Å²) in [5, 5.41) is 3.40. The van der Waals surface area contributed by atoms with Gasteiger partial charge in [-0.05, 0) is 32.0 Å². The second-order valence-corrected chi connectivity index (χ2v) is 4.32. The molecule has 1 N–H and O–H groups in total. The minimum absolute atomic E-state index is 0.213. The van der Waals surface area contributed by atoms with Gasteiger partial charge in [0.15, 0.2) is 0 Å². The van der Waals surface area contributed by atoms with E-state index in [1.807, 2.05) is 30.3 Å². The average molecular weight is 257 g/mol. The van der Waals surface area contributed by atoms with Crippen LogP contribution in [0.4, 0.5) is 0 Å². The van der Waals surface area contributed by atoms with Gasteiger partial charge in [0.2, 0.25) is 0 Å². The molecule has 4 heteroatoms. The number of hydrogen-bond acceptors (Lipinski definition) is 4. The smallest absolute Gasteiger partial charge is 0.119 e. The van der Waals surface area contributed by atoms with E-state index >= 15 is 0 Å². The molecule has 0 amide bonds. The molecule has 19 heavy (non-hydrogen) atoms. The van der Waals surface area contributed by atoms with Crippen LogP contribution in [0.3, 0.4) is 0 Å². The van der Waals surface area contributed by atoms with Crippen LogP contribution >= 0.6 is 0 Å². The van der Waals surface area contributed by atoms with Crippen molar-refractivity contribution in [1.29, 1.82) is 0 Å². The normalized spacial score (nSPS) is 12.1. The van der Waals surface area contributed by atoms with Crippen molar-refractivity contribution in [3.8, 4) is 5.75 Å². The Morgan fingerprint density at radius 2 is 2.05 bits per heavy atom. The summed E-state index contributed by atoms with van der Waals surface area (Å²) in [4.78, 5) is 8.33. The molecule has 1 aromatic carbocycles. The lowest BCUT2D eigenvalue weighted by Crippen LogP contribution is -2.22. The SMILES string of the molecule is CC(NCCCOc1ccccc1)c1cnccn1. The highest BCUT2D eigenvalue weighted by Gasteiger charge is 2.04. The first-order chi connectivity index (χ1) is 9.36. The lowest BCUT2D eigenvalue weighted by atomic mass is 10.2. The lowest BCUT2D eigenvalue weighted by molar-refractivity contribution is 0.305. The summed E-state index contributed by atoms with van der Waals surface area (Å²) in [7, 11) is 0. The van der Waals surface area contributed by atoms with Gasteiger partial charge >= 0.3 is 0 Å². The molecule has 0 fully saturated rings. The van der Waals surface area contributed by atoms with Gasteiger partial charge in [-0.25, -0.2) is 0 Å². The minimum atomic E-state index is 0.213. The molecule has 1 atom stereocenters. The van der Waals surface area contributed by atoms with E-state index in [9.17, 15) is 0 Å². The zero-order valence-electron chi connectivity index (χ0n) is 11.1. The van der Waals surface area contributed by atoms with Crippen LogP contribution < -0.4 is 10.1 Å². The molecule has 0 aliphatic rings. The summed E-state index contributed by atoms with van der Waals surface area (Å²) >= 11 is 0. The molecule has 0 spiro atoms. The highest BCUT2D eigenvalue weighted by atomic mass is 16.5. The summed E-state index contributed by atoms with van der Waals surface area (Å²) in [6, 6.07) is 10.1. The molecule has 0 aliphatic heterocycles. The Balaban J connectivity index is 1.62. The standard InChI is InChI=1S/C15H19N3O/c1-13(15-12-16-9-10-18-15)17-8-5-11-19-14-6-3-2-4-7-14/h2-4,6-7,9-10,12-13,17H,5,8,11H2,1H3.